The van der Waals surface area contributed by atoms with Crippen LogP contribution in [-0.4, -0.2) is 28.1 Å². The summed E-state index contributed by atoms with van der Waals surface area (Å²) >= 11 is 1.36. The van der Waals surface area contributed by atoms with Gasteiger partial charge in [0.15, 0.2) is 0 Å². The largest absolute Gasteiger partial charge is 0.308 e. The van der Waals surface area contributed by atoms with Crippen LogP contribution < -0.4 is 4.87 Å². The van der Waals surface area contributed by atoms with Crippen LogP contribution in [0.5, 0.6) is 0 Å². The van der Waals surface area contributed by atoms with E-state index in [0.29, 0.717) is 12.1 Å². The van der Waals surface area contributed by atoms with Gasteiger partial charge < -0.3 is 0 Å². The molecule has 2 bridgehead atoms. The third-order valence-corrected chi connectivity index (χ3v) is 6.78. The molecule has 2 aromatic rings. The number of para-hydroxylation sites is 1. The number of hydrogen-bond acceptors (Lipinski definition) is 3. The Hall–Kier alpha value is -1.83. The molecule has 2 unspecified atom stereocenters. The number of hydrogen-bond donors (Lipinski definition) is 0. The van der Waals surface area contributed by atoms with Crippen molar-refractivity contribution in [1.82, 2.24) is 9.47 Å². The van der Waals surface area contributed by atoms with E-state index in [1.54, 1.807) is 0 Å². The van der Waals surface area contributed by atoms with Crippen molar-refractivity contribution in [3.05, 3.63) is 45.6 Å². The van der Waals surface area contributed by atoms with Crippen LogP contribution in [0.2, 0.25) is 0 Å². The molecule has 142 valence electrons. The second-order valence-electron chi connectivity index (χ2n) is 7.68. The second kappa shape index (κ2) is 8.46. The van der Waals surface area contributed by atoms with Gasteiger partial charge in [0.25, 0.3) is 0 Å². The van der Waals surface area contributed by atoms with Gasteiger partial charge in [-0.2, -0.15) is 0 Å². The van der Waals surface area contributed by atoms with Crippen molar-refractivity contribution in [2.24, 2.45) is 0 Å². The van der Waals surface area contributed by atoms with Gasteiger partial charge in [0, 0.05) is 37.2 Å². The molecule has 0 saturated carbocycles. The highest BCUT2D eigenvalue weighted by molar-refractivity contribution is 7.16. The van der Waals surface area contributed by atoms with Crippen LogP contribution in [0.1, 0.15) is 51.9 Å². The summed E-state index contributed by atoms with van der Waals surface area (Å²) in [7, 11) is 0. The second-order valence-corrected chi connectivity index (χ2v) is 8.67. The Morgan fingerprint density at radius 1 is 1.19 bits per heavy atom. The number of benzene rings is 1. The Bertz CT molecular complexity index is 942. The van der Waals surface area contributed by atoms with E-state index in [9.17, 15) is 4.79 Å². The molecule has 27 heavy (non-hydrogen) atoms. The molecule has 0 radical (unpaired) electrons. The molecule has 4 rings (SSSR count). The number of nitrogens with zero attached hydrogens (tertiary/aromatic N) is 2. The van der Waals surface area contributed by atoms with Crippen LogP contribution in [-0.2, 0) is 6.54 Å². The van der Waals surface area contributed by atoms with Crippen molar-refractivity contribution in [2.75, 3.05) is 6.54 Å². The minimum atomic E-state index is 0.169. The molecule has 0 aliphatic carbocycles. The summed E-state index contributed by atoms with van der Waals surface area (Å²) in [5.74, 6) is 6.78. The minimum absolute atomic E-state index is 0.169. The molecule has 2 atom stereocenters. The van der Waals surface area contributed by atoms with Gasteiger partial charge in [0.2, 0.25) is 0 Å². The highest BCUT2D eigenvalue weighted by atomic mass is 32.1. The van der Waals surface area contributed by atoms with E-state index in [2.05, 4.69) is 35.8 Å². The van der Waals surface area contributed by atoms with Gasteiger partial charge in [0.05, 0.1) is 10.2 Å². The fraction of sp³-hybridized carbons (Fsp3) is 0.522. The van der Waals surface area contributed by atoms with Crippen molar-refractivity contribution in [3.63, 3.8) is 0 Å². The minimum Gasteiger partial charge on any atom is -0.299 e. The lowest BCUT2D eigenvalue weighted by Gasteiger charge is -2.32. The fourth-order valence-electron chi connectivity index (χ4n) is 4.44. The molecule has 0 spiro atoms. The Morgan fingerprint density at radius 3 is 2.93 bits per heavy atom. The van der Waals surface area contributed by atoms with E-state index in [0.717, 1.165) is 42.6 Å². The van der Waals surface area contributed by atoms with Gasteiger partial charge in [-0.15, -0.1) is 0 Å². The number of thiazole rings is 1. The Labute approximate surface area is 165 Å². The summed E-state index contributed by atoms with van der Waals surface area (Å²) < 4.78 is 3.04. The SMILES string of the molecule is CCCCC#CC1=CC2CCC(C1)N2CCCn1c(=O)sc2ccccc21. The van der Waals surface area contributed by atoms with Crippen LogP contribution in [0.3, 0.4) is 0 Å². The molecule has 0 amide bonds. The molecule has 3 heterocycles. The molecule has 1 saturated heterocycles. The predicted octanol–water partition coefficient (Wildman–Crippen LogP) is 4.81. The molecule has 2 aliphatic rings. The first kappa shape index (κ1) is 18.5. The van der Waals surface area contributed by atoms with Gasteiger partial charge >= 0.3 is 4.87 Å². The summed E-state index contributed by atoms with van der Waals surface area (Å²) in [5.41, 5.74) is 2.44. The molecule has 0 N–H and O–H groups in total. The molecular formula is C23H28N2OS. The quantitative estimate of drug-likeness (QED) is 0.531. The predicted molar refractivity (Wildman–Crippen MR) is 114 cm³/mol. The van der Waals surface area contributed by atoms with E-state index >= 15 is 0 Å². The van der Waals surface area contributed by atoms with E-state index < -0.39 is 0 Å². The lowest BCUT2D eigenvalue weighted by Crippen LogP contribution is -2.39. The number of unbranched alkanes of at least 4 members (excludes halogenated alkanes) is 2. The third kappa shape index (κ3) is 4.05. The molecule has 3 nitrogen and oxygen atoms in total. The van der Waals surface area contributed by atoms with Crippen molar-refractivity contribution >= 4 is 21.6 Å². The number of rotatable bonds is 6. The average Bonchev–Trinajstić information content (AvgIpc) is 3.11. The maximum Gasteiger partial charge on any atom is 0.308 e. The lowest BCUT2D eigenvalue weighted by molar-refractivity contribution is 0.201. The van der Waals surface area contributed by atoms with Crippen LogP contribution in [0.4, 0.5) is 0 Å². The van der Waals surface area contributed by atoms with Gasteiger partial charge in [-0.25, -0.2) is 0 Å². The summed E-state index contributed by atoms with van der Waals surface area (Å²) in [5, 5.41) is 0. The first-order valence-electron chi connectivity index (χ1n) is 10.3. The van der Waals surface area contributed by atoms with Crippen LogP contribution in [0.15, 0.2) is 40.7 Å². The van der Waals surface area contributed by atoms with E-state index in [1.165, 1.54) is 42.6 Å². The van der Waals surface area contributed by atoms with E-state index in [-0.39, 0.29) is 4.87 Å². The molecular weight excluding hydrogens is 352 g/mol. The smallest absolute Gasteiger partial charge is 0.299 e. The zero-order valence-electron chi connectivity index (χ0n) is 16.1. The number of aromatic nitrogens is 1. The Balaban J connectivity index is 1.37. The van der Waals surface area contributed by atoms with E-state index in [4.69, 9.17) is 0 Å². The molecule has 1 fully saturated rings. The van der Waals surface area contributed by atoms with Crippen molar-refractivity contribution in [3.8, 4) is 11.8 Å². The van der Waals surface area contributed by atoms with Crippen molar-refractivity contribution in [2.45, 2.75) is 70.5 Å². The van der Waals surface area contributed by atoms with Gasteiger partial charge in [-0.3, -0.25) is 14.3 Å². The molecule has 4 heteroatoms. The topological polar surface area (TPSA) is 25.2 Å². The van der Waals surface area contributed by atoms with Gasteiger partial charge in [-0.05, 0) is 44.2 Å². The van der Waals surface area contributed by atoms with Crippen LogP contribution >= 0.6 is 11.3 Å². The zero-order chi connectivity index (χ0) is 18.6. The summed E-state index contributed by atoms with van der Waals surface area (Å²) in [6.45, 7) is 4.10. The summed E-state index contributed by atoms with van der Waals surface area (Å²) in [6, 6.07) is 9.31. The molecule has 1 aromatic carbocycles. The first-order chi connectivity index (χ1) is 13.3. The highest BCUT2D eigenvalue weighted by Gasteiger charge is 2.35. The van der Waals surface area contributed by atoms with Crippen molar-refractivity contribution in [1.29, 1.82) is 0 Å². The Morgan fingerprint density at radius 2 is 2.07 bits per heavy atom. The summed E-state index contributed by atoms with van der Waals surface area (Å²) in [6.07, 6.45) is 10.5. The normalized spacial score (nSPS) is 21.9. The van der Waals surface area contributed by atoms with Crippen molar-refractivity contribution < 1.29 is 0 Å². The first-order valence-corrected chi connectivity index (χ1v) is 11.1. The van der Waals surface area contributed by atoms with Crippen LogP contribution in [0.25, 0.3) is 10.2 Å². The van der Waals surface area contributed by atoms with Gasteiger partial charge in [-0.1, -0.05) is 54.7 Å². The molecule has 2 aliphatic heterocycles. The maximum absolute atomic E-state index is 12.3. The number of aryl methyl sites for hydroxylation is 1. The Kier molecular flexibility index (Phi) is 5.80. The monoisotopic (exact) mass is 380 g/mol. The van der Waals surface area contributed by atoms with Crippen LogP contribution in [0, 0.1) is 11.8 Å². The number of fused-ring (bicyclic) bond motifs is 3. The maximum atomic E-state index is 12.3. The lowest BCUT2D eigenvalue weighted by atomic mass is 10.0. The van der Waals surface area contributed by atoms with E-state index in [1.807, 2.05) is 22.8 Å². The zero-order valence-corrected chi connectivity index (χ0v) is 16.9. The standard InChI is InChI=1S/C23H28N2OS/c1-2-3-4-5-9-18-16-19-12-13-20(17-18)24(19)14-8-15-25-21-10-6-7-11-22(21)27-23(25)26/h6-7,10-11,16,19-20H,2-4,8,12-15,17H2,1H3. The summed E-state index contributed by atoms with van der Waals surface area (Å²) in [4.78, 5) is 15.1. The highest BCUT2D eigenvalue weighted by Crippen LogP contribution is 2.34. The van der Waals surface area contributed by atoms with Gasteiger partial charge in [0.1, 0.15) is 0 Å². The third-order valence-electron chi connectivity index (χ3n) is 5.82. The molecule has 1 aromatic heterocycles. The average molecular weight is 381 g/mol. The fourth-order valence-corrected chi connectivity index (χ4v) is 5.35.